The second kappa shape index (κ2) is 6.79. The zero-order valence-electron chi connectivity index (χ0n) is 14.9. The molecule has 3 rings (SSSR count). The molecule has 1 amide bonds. The first-order valence-corrected chi connectivity index (χ1v) is 8.38. The lowest BCUT2D eigenvalue weighted by atomic mass is 10.0. The normalized spacial score (nSPS) is 20.1. The third-order valence-electron chi connectivity index (χ3n) is 4.46. The van der Waals surface area contributed by atoms with Crippen molar-refractivity contribution < 1.29 is 9.90 Å². The van der Waals surface area contributed by atoms with Crippen molar-refractivity contribution in [3.8, 4) is 0 Å². The number of aryl methyl sites for hydroxylation is 3. The van der Waals surface area contributed by atoms with E-state index in [1.165, 1.54) is 6.33 Å². The van der Waals surface area contributed by atoms with Crippen molar-refractivity contribution in [3.63, 3.8) is 0 Å². The summed E-state index contributed by atoms with van der Waals surface area (Å²) in [6.45, 7) is 7.22. The molecule has 0 spiro atoms. The summed E-state index contributed by atoms with van der Waals surface area (Å²) in [5, 5.41) is 17.8. The largest absolute Gasteiger partial charge is 0.386 e. The average Bonchev–Trinajstić information content (AvgIpc) is 3.09. The molecular weight excluding hydrogens is 320 g/mol. The number of hydrogen-bond donors (Lipinski definition) is 2. The van der Waals surface area contributed by atoms with Gasteiger partial charge in [0.15, 0.2) is 0 Å². The van der Waals surface area contributed by atoms with Crippen molar-refractivity contribution >= 4 is 11.7 Å². The van der Waals surface area contributed by atoms with E-state index >= 15 is 0 Å². The van der Waals surface area contributed by atoms with E-state index in [-0.39, 0.29) is 19.0 Å². The maximum Gasteiger partial charge on any atom is 0.241 e. The standard InChI is InChI=1S/C17H24N6O2/c1-12-7-15(20-11-19-12)22-5-4-17(25,10-22)9-18-16(24)8-23-14(3)6-13(2)21-23/h6-7,11,25H,4-5,8-10H2,1-3H3,(H,18,24)/t17-/m0/s1. The number of β-amino-alcohol motifs (C(OH)–C–C–N with tert-alkyl or cyclic N) is 1. The summed E-state index contributed by atoms with van der Waals surface area (Å²) < 4.78 is 1.67. The monoisotopic (exact) mass is 344 g/mol. The number of anilines is 1. The Balaban J connectivity index is 1.54. The quantitative estimate of drug-likeness (QED) is 0.813. The Bertz CT molecular complexity index is 774. The van der Waals surface area contributed by atoms with E-state index in [0.29, 0.717) is 19.5 Å². The fourth-order valence-corrected chi connectivity index (χ4v) is 3.10. The molecule has 1 saturated heterocycles. The summed E-state index contributed by atoms with van der Waals surface area (Å²) in [5.41, 5.74) is 1.76. The van der Waals surface area contributed by atoms with Gasteiger partial charge in [0.2, 0.25) is 5.91 Å². The minimum atomic E-state index is -0.955. The molecule has 1 fully saturated rings. The fraction of sp³-hybridized carbons (Fsp3) is 0.529. The van der Waals surface area contributed by atoms with Crippen LogP contribution in [0.4, 0.5) is 5.82 Å². The van der Waals surface area contributed by atoms with Crippen LogP contribution in [0.1, 0.15) is 23.5 Å². The van der Waals surface area contributed by atoms with Crippen molar-refractivity contribution in [2.24, 2.45) is 0 Å². The number of nitrogens with zero attached hydrogens (tertiary/aromatic N) is 5. The van der Waals surface area contributed by atoms with Crippen LogP contribution in [0.25, 0.3) is 0 Å². The van der Waals surface area contributed by atoms with Crippen LogP contribution in [0.5, 0.6) is 0 Å². The Kier molecular flexibility index (Phi) is 4.71. The molecule has 0 aliphatic carbocycles. The molecule has 25 heavy (non-hydrogen) atoms. The highest BCUT2D eigenvalue weighted by atomic mass is 16.3. The van der Waals surface area contributed by atoms with Crippen LogP contribution in [0.3, 0.4) is 0 Å². The topological polar surface area (TPSA) is 96.2 Å². The molecule has 0 radical (unpaired) electrons. The molecule has 8 heteroatoms. The van der Waals surface area contributed by atoms with E-state index < -0.39 is 5.60 Å². The number of aromatic nitrogens is 4. The summed E-state index contributed by atoms with van der Waals surface area (Å²) in [6.07, 6.45) is 2.11. The Hall–Kier alpha value is -2.48. The molecule has 1 atom stereocenters. The Morgan fingerprint density at radius 2 is 2.08 bits per heavy atom. The maximum absolute atomic E-state index is 12.2. The first-order valence-electron chi connectivity index (χ1n) is 8.38. The zero-order chi connectivity index (χ0) is 18.0. The van der Waals surface area contributed by atoms with Crippen LogP contribution in [0, 0.1) is 20.8 Å². The number of carbonyl (C=O) groups is 1. The highest BCUT2D eigenvalue weighted by Gasteiger charge is 2.37. The lowest BCUT2D eigenvalue weighted by Gasteiger charge is -2.24. The van der Waals surface area contributed by atoms with Gasteiger partial charge in [0, 0.05) is 37.1 Å². The number of hydrogen-bond acceptors (Lipinski definition) is 6. The Morgan fingerprint density at radius 3 is 2.76 bits per heavy atom. The zero-order valence-corrected chi connectivity index (χ0v) is 14.9. The number of amides is 1. The molecular formula is C17H24N6O2. The van der Waals surface area contributed by atoms with Crippen molar-refractivity contribution in [2.75, 3.05) is 24.5 Å². The fourth-order valence-electron chi connectivity index (χ4n) is 3.10. The van der Waals surface area contributed by atoms with Crippen molar-refractivity contribution in [3.05, 3.63) is 35.5 Å². The van der Waals surface area contributed by atoms with Gasteiger partial charge in [-0.15, -0.1) is 0 Å². The predicted molar refractivity (Wildman–Crippen MR) is 93.3 cm³/mol. The van der Waals surface area contributed by atoms with E-state index in [1.54, 1.807) is 4.68 Å². The van der Waals surface area contributed by atoms with Gasteiger partial charge in [-0.2, -0.15) is 5.10 Å². The molecule has 0 unspecified atom stereocenters. The second-order valence-corrected chi connectivity index (χ2v) is 6.77. The molecule has 2 aromatic rings. The number of nitrogens with one attached hydrogen (secondary N) is 1. The summed E-state index contributed by atoms with van der Waals surface area (Å²) in [6, 6.07) is 3.83. The SMILES string of the molecule is Cc1cc(N2CC[C@](O)(CNC(=O)Cn3nc(C)cc3C)C2)ncn1. The summed E-state index contributed by atoms with van der Waals surface area (Å²) >= 11 is 0. The summed E-state index contributed by atoms with van der Waals surface area (Å²) in [5.74, 6) is 0.647. The first-order chi connectivity index (χ1) is 11.8. The van der Waals surface area contributed by atoms with Gasteiger partial charge in [-0.05, 0) is 33.3 Å². The second-order valence-electron chi connectivity index (χ2n) is 6.77. The number of rotatable bonds is 5. The highest BCUT2D eigenvalue weighted by molar-refractivity contribution is 5.75. The molecule has 0 aromatic carbocycles. The van der Waals surface area contributed by atoms with Gasteiger partial charge in [0.1, 0.15) is 24.3 Å². The van der Waals surface area contributed by atoms with Crippen LogP contribution >= 0.6 is 0 Å². The van der Waals surface area contributed by atoms with E-state index in [0.717, 1.165) is 22.9 Å². The molecule has 134 valence electrons. The molecule has 8 nitrogen and oxygen atoms in total. The molecule has 3 heterocycles. The van der Waals surface area contributed by atoms with Crippen molar-refractivity contribution in [1.29, 1.82) is 0 Å². The van der Waals surface area contributed by atoms with Crippen molar-refractivity contribution in [2.45, 2.75) is 39.3 Å². The molecule has 0 saturated carbocycles. The van der Waals surface area contributed by atoms with Crippen LogP contribution in [0.2, 0.25) is 0 Å². The van der Waals surface area contributed by atoms with Gasteiger partial charge < -0.3 is 15.3 Å². The Morgan fingerprint density at radius 1 is 1.28 bits per heavy atom. The van der Waals surface area contributed by atoms with E-state index in [4.69, 9.17) is 0 Å². The maximum atomic E-state index is 12.2. The van der Waals surface area contributed by atoms with Gasteiger partial charge >= 0.3 is 0 Å². The van der Waals surface area contributed by atoms with Gasteiger partial charge in [-0.1, -0.05) is 0 Å². The van der Waals surface area contributed by atoms with Crippen LogP contribution < -0.4 is 10.2 Å². The minimum absolute atomic E-state index is 0.157. The summed E-state index contributed by atoms with van der Waals surface area (Å²) in [7, 11) is 0. The minimum Gasteiger partial charge on any atom is -0.386 e. The van der Waals surface area contributed by atoms with Gasteiger partial charge in [-0.25, -0.2) is 9.97 Å². The highest BCUT2D eigenvalue weighted by Crippen LogP contribution is 2.25. The lowest BCUT2D eigenvalue weighted by molar-refractivity contribution is -0.123. The van der Waals surface area contributed by atoms with Gasteiger partial charge in [0.05, 0.1) is 5.69 Å². The summed E-state index contributed by atoms with van der Waals surface area (Å²) in [4.78, 5) is 22.5. The predicted octanol–water partition coefficient (Wildman–Crippen LogP) is 0.356. The third kappa shape index (κ3) is 4.14. The lowest BCUT2D eigenvalue weighted by Crippen LogP contribution is -2.46. The van der Waals surface area contributed by atoms with Crippen LogP contribution in [-0.4, -0.2) is 56.0 Å². The average molecular weight is 344 g/mol. The smallest absolute Gasteiger partial charge is 0.241 e. The molecule has 2 N–H and O–H groups in total. The van der Waals surface area contributed by atoms with Crippen LogP contribution in [0.15, 0.2) is 18.5 Å². The number of aliphatic hydroxyl groups is 1. The van der Waals surface area contributed by atoms with E-state index in [1.807, 2.05) is 37.8 Å². The first kappa shape index (κ1) is 17.3. The van der Waals surface area contributed by atoms with E-state index in [2.05, 4.69) is 20.4 Å². The molecule has 2 aromatic heterocycles. The van der Waals surface area contributed by atoms with Gasteiger partial charge in [0.25, 0.3) is 0 Å². The van der Waals surface area contributed by atoms with Crippen LogP contribution in [-0.2, 0) is 11.3 Å². The third-order valence-corrected chi connectivity index (χ3v) is 4.46. The molecule has 1 aliphatic rings. The van der Waals surface area contributed by atoms with Gasteiger partial charge in [-0.3, -0.25) is 9.48 Å². The Labute approximate surface area is 146 Å². The molecule has 1 aliphatic heterocycles. The van der Waals surface area contributed by atoms with E-state index in [9.17, 15) is 9.90 Å². The molecule has 0 bridgehead atoms. The van der Waals surface area contributed by atoms with Crippen molar-refractivity contribution in [1.82, 2.24) is 25.1 Å². The number of carbonyl (C=O) groups excluding carboxylic acids is 1.